The normalized spacial score (nSPS) is 29.4. The molecule has 1 aromatic rings. The van der Waals surface area contributed by atoms with Crippen molar-refractivity contribution >= 4 is 5.97 Å². The van der Waals surface area contributed by atoms with Crippen LogP contribution < -0.4 is 4.74 Å². The Balaban J connectivity index is 1.87. The monoisotopic (exact) mass is 219 g/mol. The van der Waals surface area contributed by atoms with Crippen LogP contribution in [-0.2, 0) is 11.2 Å². The van der Waals surface area contributed by atoms with Gasteiger partial charge in [-0.25, -0.2) is 4.98 Å². The molecule has 1 N–H and O–H groups in total. The molecule has 0 saturated heterocycles. The molecule has 2 aliphatic carbocycles. The predicted octanol–water partition coefficient (Wildman–Crippen LogP) is 1.45. The number of carboxylic acid groups (broad SMARTS) is 1. The van der Waals surface area contributed by atoms with Crippen LogP contribution in [0.5, 0.6) is 5.88 Å². The molecule has 1 aromatic heterocycles. The molecule has 1 saturated carbocycles. The van der Waals surface area contributed by atoms with Crippen molar-refractivity contribution in [3.63, 3.8) is 0 Å². The number of pyridine rings is 1. The summed E-state index contributed by atoms with van der Waals surface area (Å²) in [5.41, 5.74) is 2.33. The quantitative estimate of drug-likeness (QED) is 0.835. The summed E-state index contributed by atoms with van der Waals surface area (Å²) in [5.74, 6) is 0.304. The first kappa shape index (κ1) is 9.63. The maximum atomic E-state index is 10.9. The second kappa shape index (κ2) is 3.20. The van der Waals surface area contributed by atoms with Crippen molar-refractivity contribution in [3.8, 4) is 5.88 Å². The number of fused-ring (bicyclic) bond motifs is 3. The van der Waals surface area contributed by atoms with Gasteiger partial charge in [0.25, 0.3) is 0 Å². The lowest BCUT2D eigenvalue weighted by Gasteiger charge is -2.07. The molecular formula is C12H13NO3. The Labute approximate surface area is 93.3 Å². The Hall–Kier alpha value is -1.58. The number of hydrogen-bond acceptors (Lipinski definition) is 3. The van der Waals surface area contributed by atoms with Gasteiger partial charge in [-0.1, -0.05) is 0 Å². The Morgan fingerprint density at radius 1 is 1.69 bits per heavy atom. The number of aliphatic carboxylic acids is 1. The van der Waals surface area contributed by atoms with Crippen LogP contribution in [0.25, 0.3) is 0 Å². The standard InChI is InChI=1S/C12H13NO3/c1-2-16-9-4-6-3-7-10(8(6)5-13-9)11(7)12(14)15/h4-5,7,10-11H,2-3H2,1H3,(H,14,15). The zero-order chi connectivity index (χ0) is 11.3. The van der Waals surface area contributed by atoms with Crippen LogP contribution in [0.3, 0.4) is 0 Å². The van der Waals surface area contributed by atoms with Crippen molar-refractivity contribution in [2.45, 2.75) is 19.3 Å². The Bertz CT molecular complexity index is 458. The van der Waals surface area contributed by atoms with Crippen LogP contribution in [0.4, 0.5) is 0 Å². The highest BCUT2D eigenvalue weighted by molar-refractivity contribution is 5.77. The largest absolute Gasteiger partial charge is 0.481 e. The maximum Gasteiger partial charge on any atom is 0.307 e. The zero-order valence-electron chi connectivity index (χ0n) is 9.01. The molecule has 0 aliphatic heterocycles. The van der Waals surface area contributed by atoms with E-state index in [-0.39, 0.29) is 11.8 Å². The van der Waals surface area contributed by atoms with Crippen molar-refractivity contribution in [1.29, 1.82) is 0 Å². The molecular weight excluding hydrogens is 206 g/mol. The van der Waals surface area contributed by atoms with Crippen molar-refractivity contribution in [3.05, 3.63) is 23.4 Å². The van der Waals surface area contributed by atoms with Gasteiger partial charge in [-0.2, -0.15) is 0 Å². The van der Waals surface area contributed by atoms with Gasteiger partial charge in [-0.3, -0.25) is 4.79 Å². The van der Waals surface area contributed by atoms with Crippen LogP contribution in [0, 0.1) is 11.8 Å². The number of aromatic nitrogens is 1. The second-order valence-corrected chi connectivity index (χ2v) is 4.41. The molecule has 1 heterocycles. The molecule has 1 fully saturated rings. The predicted molar refractivity (Wildman–Crippen MR) is 56.5 cm³/mol. The molecule has 3 unspecified atom stereocenters. The van der Waals surface area contributed by atoms with Crippen LogP contribution >= 0.6 is 0 Å². The lowest BCUT2D eigenvalue weighted by atomic mass is 10.0. The number of carboxylic acids is 1. The van der Waals surface area contributed by atoms with Gasteiger partial charge in [-0.05, 0) is 30.4 Å². The van der Waals surface area contributed by atoms with E-state index in [0.717, 1.165) is 12.0 Å². The van der Waals surface area contributed by atoms with Crippen molar-refractivity contribution < 1.29 is 14.6 Å². The average Bonchev–Trinajstić information content (AvgIpc) is 2.83. The lowest BCUT2D eigenvalue weighted by molar-refractivity contribution is -0.139. The summed E-state index contributed by atoms with van der Waals surface area (Å²) in [6, 6.07) is 1.95. The van der Waals surface area contributed by atoms with Gasteiger partial charge in [0, 0.05) is 18.2 Å². The Morgan fingerprint density at radius 2 is 2.50 bits per heavy atom. The highest BCUT2D eigenvalue weighted by atomic mass is 16.5. The van der Waals surface area contributed by atoms with Gasteiger partial charge in [0.2, 0.25) is 5.88 Å². The first-order valence-corrected chi connectivity index (χ1v) is 5.56. The first-order valence-electron chi connectivity index (χ1n) is 5.56. The maximum absolute atomic E-state index is 10.9. The minimum absolute atomic E-state index is 0.174. The highest BCUT2D eigenvalue weighted by Gasteiger charge is 2.59. The summed E-state index contributed by atoms with van der Waals surface area (Å²) in [6.07, 6.45) is 2.65. The average molecular weight is 219 g/mol. The highest BCUT2D eigenvalue weighted by Crippen LogP contribution is 2.61. The van der Waals surface area contributed by atoms with E-state index in [4.69, 9.17) is 9.84 Å². The topological polar surface area (TPSA) is 59.4 Å². The van der Waals surface area contributed by atoms with Gasteiger partial charge in [0.05, 0.1) is 12.5 Å². The van der Waals surface area contributed by atoms with Crippen molar-refractivity contribution in [1.82, 2.24) is 4.98 Å². The molecule has 4 nitrogen and oxygen atoms in total. The third-order valence-electron chi connectivity index (χ3n) is 3.56. The molecule has 0 amide bonds. The molecule has 84 valence electrons. The lowest BCUT2D eigenvalue weighted by Crippen LogP contribution is -2.06. The molecule has 3 atom stereocenters. The summed E-state index contributed by atoms with van der Waals surface area (Å²) < 4.78 is 5.33. The van der Waals surface area contributed by atoms with Gasteiger partial charge in [-0.15, -0.1) is 0 Å². The van der Waals surface area contributed by atoms with Crippen LogP contribution in [0.1, 0.15) is 24.0 Å². The second-order valence-electron chi connectivity index (χ2n) is 4.41. The summed E-state index contributed by atoms with van der Waals surface area (Å²) in [4.78, 5) is 15.1. The van der Waals surface area contributed by atoms with Crippen molar-refractivity contribution in [2.75, 3.05) is 6.61 Å². The molecule has 3 rings (SSSR count). The number of ether oxygens (including phenoxy) is 1. The molecule has 16 heavy (non-hydrogen) atoms. The van der Waals surface area contributed by atoms with E-state index < -0.39 is 5.97 Å². The fourth-order valence-electron chi connectivity index (χ4n) is 2.83. The van der Waals surface area contributed by atoms with E-state index in [2.05, 4.69) is 4.98 Å². The molecule has 4 heteroatoms. The summed E-state index contributed by atoms with van der Waals surface area (Å²) >= 11 is 0. The molecule has 0 bridgehead atoms. The number of rotatable bonds is 3. The van der Waals surface area contributed by atoms with E-state index in [1.165, 1.54) is 5.56 Å². The minimum Gasteiger partial charge on any atom is -0.481 e. The van der Waals surface area contributed by atoms with Crippen molar-refractivity contribution in [2.24, 2.45) is 11.8 Å². The fraction of sp³-hybridized carbons (Fsp3) is 0.500. The van der Waals surface area contributed by atoms with Gasteiger partial charge in [0.1, 0.15) is 0 Å². The van der Waals surface area contributed by atoms with E-state index in [9.17, 15) is 4.79 Å². The van der Waals surface area contributed by atoms with Gasteiger partial charge in [0.15, 0.2) is 0 Å². The third-order valence-corrected chi connectivity index (χ3v) is 3.56. The minimum atomic E-state index is -0.672. The summed E-state index contributed by atoms with van der Waals surface area (Å²) in [5, 5.41) is 8.98. The fourth-order valence-corrected chi connectivity index (χ4v) is 2.83. The molecule has 0 radical (unpaired) electrons. The molecule has 0 aromatic carbocycles. The summed E-state index contributed by atoms with van der Waals surface area (Å²) in [7, 11) is 0. The van der Waals surface area contributed by atoms with E-state index in [1.54, 1.807) is 6.20 Å². The zero-order valence-corrected chi connectivity index (χ0v) is 9.01. The SMILES string of the molecule is CCOc1cc2c(cn1)C1C(C2)C1C(=O)O. The van der Waals surface area contributed by atoms with Gasteiger partial charge < -0.3 is 9.84 Å². The number of nitrogens with zero attached hydrogens (tertiary/aromatic N) is 1. The van der Waals surface area contributed by atoms with E-state index >= 15 is 0 Å². The molecule has 0 spiro atoms. The smallest absolute Gasteiger partial charge is 0.307 e. The number of hydrogen-bond donors (Lipinski definition) is 1. The Morgan fingerprint density at radius 3 is 3.19 bits per heavy atom. The first-order chi connectivity index (χ1) is 7.72. The molecule has 2 aliphatic rings. The van der Waals surface area contributed by atoms with E-state index in [0.29, 0.717) is 18.4 Å². The summed E-state index contributed by atoms with van der Waals surface area (Å²) in [6.45, 7) is 2.53. The Kier molecular flexibility index (Phi) is 1.93. The van der Waals surface area contributed by atoms with Crippen LogP contribution in [0.2, 0.25) is 0 Å². The third kappa shape index (κ3) is 1.22. The van der Waals surface area contributed by atoms with Crippen LogP contribution in [-0.4, -0.2) is 22.7 Å². The van der Waals surface area contributed by atoms with Crippen LogP contribution in [0.15, 0.2) is 12.3 Å². The number of carbonyl (C=O) groups is 1. The van der Waals surface area contributed by atoms with Gasteiger partial charge >= 0.3 is 5.97 Å². The van der Waals surface area contributed by atoms with E-state index in [1.807, 2.05) is 13.0 Å².